The van der Waals surface area contributed by atoms with E-state index in [1.165, 1.54) is 12.1 Å². The lowest BCUT2D eigenvalue weighted by Crippen LogP contribution is -2.31. The molecule has 0 fully saturated rings. The number of carbonyl (C=O) groups excluding carboxylic acids is 1. The minimum absolute atomic E-state index is 0.0467. The van der Waals surface area contributed by atoms with Crippen molar-refractivity contribution >= 4 is 27.5 Å². The number of aromatic amines is 1. The van der Waals surface area contributed by atoms with Crippen molar-refractivity contribution in [3.05, 3.63) is 70.6 Å². The van der Waals surface area contributed by atoms with Gasteiger partial charge in [-0.1, -0.05) is 12.1 Å². The van der Waals surface area contributed by atoms with Crippen LogP contribution in [-0.2, 0) is 11.2 Å². The molecule has 0 aliphatic heterocycles. The molecule has 5 nitrogen and oxygen atoms in total. The van der Waals surface area contributed by atoms with Crippen molar-refractivity contribution in [2.24, 2.45) is 0 Å². The van der Waals surface area contributed by atoms with Gasteiger partial charge in [0.05, 0.1) is 17.9 Å². The molecule has 1 amide bonds. The number of aryl methyl sites for hydroxylation is 1. The first-order chi connectivity index (χ1) is 13.5. The van der Waals surface area contributed by atoms with Crippen LogP contribution in [0, 0.1) is 5.82 Å². The monoisotopic (exact) mass is 444 g/mol. The Bertz CT molecular complexity index is 926. The van der Waals surface area contributed by atoms with E-state index in [1.54, 1.807) is 12.1 Å². The number of para-hydroxylation sites is 1. The number of carbonyl (C=O) groups is 1. The molecule has 0 spiro atoms. The summed E-state index contributed by atoms with van der Waals surface area (Å²) in [7, 11) is 1.93. The summed E-state index contributed by atoms with van der Waals surface area (Å²) in [5.74, 6) is -0.305. The van der Waals surface area contributed by atoms with E-state index in [4.69, 9.17) is 0 Å². The Morgan fingerprint density at radius 2 is 1.96 bits per heavy atom. The lowest BCUT2D eigenvalue weighted by molar-refractivity contribution is -0.117. The van der Waals surface area contributed by atoms with Crippen molar-refractivity contribution in [3.63, 3.8) is 0 Å². The Kier molecular flexibility index (Phi) is 6.95. The smallest absolute Gasteiger partial charge is 0.238 e. The molecule has 2 N–H and O–H groups in total. The molecule has 0 aliphatic carbocycles. The fraction of sp³-hybridized carbons (Fsp3) is 0.238. The van der Waals surface area contributed by atoms with Crippen LogP contribution in [-0.4, -0.2) is 41.1 Å². The second kappa shape index (κ2) is 9.61. The van der Waals surface area contributed by atoms with E-state index in [0.29, 0.717) is 6.54 Å². The maximum atomic E-state index is 13.0. The van der Waals surface area contributed by atoms with Gasteiger partial charge in [-0.2, -0.15) is 5.10 Å². The second-order valence-electron chi connectivity index (χ2n) is 6.65. The van der Waals surface area contributed by atoms with Gasteiger partial charge in [0, 0.05) is 15.7 Å². The second-order valence-corrected chi connectivity index (χ2v) is 7.51. The summed E-state index contributed by atoms with van der Waals surface area (Å²) >= 11 is 3.42. The zero-order valence-corrected chi connectivity index (χ0v) is 17.2. The predicted molar refractivity (Wildman–Crippen MR) is 113 cm³/mol. The number of nitrogens with zero attached hydrogens (tertiary/aromatic N) is 2. The van der Waals surface area contributed by atoms with Crippen LogP contribution in [0.1, 0.15) is 12.1 Å². The van der Waals surface area contributed by atoms with Gasteiger partial charge in [0.2, 0.25) is 5.91 Å². The summed E-state index contributed by atoms with van der Waals surface area (Å²) in [6, 6.07) is 15.8. The fourth-order valence-corrected chi connectivity index (χ4v) is 3.26. The summed E-state index contributed by atoms with van der Waals surface area (Å²) in [5, 5.41) is 10.2. The molecule has 28 heavy (non-hydrogen) atoms. The molecule has 0 saturated heterocycles. The maximum absolute atomic E-state index is 13.0. The van der Waals surface area contributed by atoms with Gasteiger partial charge in [-0.05, 0) is 84.8 Å². The highest BCUT2D eigenvalue weighted by atomic mass is 79.9. The molecule has 0 unspecified atom stereocenters. The molecule has 1 aromatic heterocycles. The maximum Gasteiger partial charge on any atom is 0.238 e. The molecule has 3 rings (SSSR count). The lowest BCUT2D eigenvalue weighted by Gasteiger charge is -2.16. The molecule has 0 saturated carbocycles. The van der Waals surface area contributed by atoms with Crippen molar-refractivity contribution in [1.82, 2.24) is 15.1 Å². The summed E-state index contributed by atoms with van der Waals surface area (Å²) in [5.41, 5.74) is 3.47. The van der Waals surface area contributed by atoms with Gasteiger partial charge in [0.25, 0.3) is 0 Å². The minimum atomic E-state index is -0.258. The summed E-state index contributed by atoms with van der Waals surface area (Å²) in [6.45, 7) is 1.11. The number of rotatable bonds is 8. The standard InChI is InChI=1S/C21H22BrFN4O/c1-27(14-21(28)24-19-7-3-2-6-18(19)22)12-4-5-17-13-20(26-25-17)15-8-10-16(23)11-9-15/h2-3,6-11,13H,4-5,12,14H2,1H3,(H,24,28)(H,25,26). The predicted octanol–water partition coefficient (Wildman–Crippen LogP) is 4.48. The molecule has 146 valence electrons. The van der Waals surface area contributed by atoms with E-state index < -0.39 is 0 Å². The van der Waals surface area contributed by atoms with E-state index >= 15 is 0 Å². The average molecular weight is 445 g/mol. The molecule has 2 aromatic carbocycles. The van der Waals surface area contributed by atoms with Crippen molar-refractivity contribution in [2.45, 2.75) is 12.8 Å². The summed E-state index contributed by atoms with van der Waals surface area (Å²) < 4.78 is 13.9. The lowest BCUT2D eigenvalue weighted by atomic mass is 10.1. The quantitative estimate of drug-likeness (QED) is 0.538. The van der Waals surface area contributed by atoms with Crippen LogP contribution in [0.3, 0.4) is 0 Å². The van der Waals surface area contributed by atoms with E-state index in [-0.39, 0.29) is 11.7 Å². The Balaban J connectivity index is 1.43. The minimum Gasteiger partial charge on any atom is -0.324 e. The Hall–Kier alpha value is -2.51. The van der Waals surface area contributed by atoms with Gasteiger partial charge in [-0.3, -0.25) is 14.8 Å². The van der Waals surface area contributed by atoms with Crippen LogP contribution < -0.4 is 5.32 Å². The molecule has 7 heteroatoms. The van der Waals surface area contributed by atoms with Crippen LogP contribution in [0.15, 0.2) is 59.1 Å². The largest absolute Gasteiger partial charge is 0.324 e. The van der Waals surface area contributed by atoms with Crippen LogP contribution in [0.25, 0.3) is 11.3 Å². The zero-order chi connectivity index (χ0) is 19.9. The first-order valence-corrected chi connectivity index (χ1v) is 9.84. The highest BCUT2D eigenvalue weighted by molar-refractivity contribution is 9.10. The van der Waals surface area contributed by atoms with Gasteiger partial charge >= 0.3 is 0 Å². The third-order valence-corrected chi connectivity index (χ3v) is 5.01. The van der Waals surface area contributed by atoms with Crippen molar-refractivity contribution < 1.29 is 9.18 Å². The van der Waals surface area contributed by atoms with E-state index in [1.807, 2.05) is 42.3 Å². The first kappa shape index (κ1) is 20.2. The third-order valence-electron chi connectivity index (χ3n) is 4.32. The van der Waals surface area contributed by atoms with Crippen LogP contribution in [0.5, 0.6) is 0 Å². The topological polar surface area (TPSA) is 61.0 Å². The fourth-order valence-electron chi connectivity index (χ4n) is 2.87. The van der Waals surface area contributed by atoms with Crippen molar-refractivity contribution in [1.29, 1.82) is 0 Å². The van der Waals surface area contributed by atoms with Gasteiger partial charge in [-0.15, -0.1) is 0 Å². The van der Waals surface area contributed by atoms with Gasteiger partial charge in [0.1, 0.15) is 5.82 Å². The number of halogens is 2. The molecule has 0 radical (unpaired) electrons. The van der Waals surface area contributed by atoms with Gasteiger partial charge < -0.3 is 5.32 Å². The van der Waals surface area contributed by atoms with Crippen LogP contribution >= 0.6 is 15.9 Å². The first-order valence-electron chi connectivity index (χ1n) is 9.04. The number of anilines is 1. The number of hydrogen-bond donors (Lipinski definition) is 2. The molecule has 1 heterocycles. The Morgan fingerprint density at radius 3 is 2.71 bits per heavy atom. The van der Waals surface area contributed by atoms with Crippen molar-refractivity contribution in [3.8, 4) is 11.3 Å². The highest BCUT2D eigenvalue weighted by Gasteiger charge is 2.09. The molecular weight excluding hydrogens is 423 g/mol. The molecule has 0 atom stereocenters. The molecular formula is C21H22BrFN4O. The van der Waals surface area contributed by atoms with E-state index in [9.17, 15) is 9.18 Å². The number of hydrogen-bond acceptors (Lipinski definition) is 3. The number of aromatic nitrogens is 2. The number of nitrogens with one attached hydrogen (secondary N) is 2. The van der Waals surface area contributed by atoms with E-state index in [0.717, 1.165) is 46.5 Å². The number of benzene rings is 2. The highest BCUT2D eigenvalue weighted by Crippen LogP contribution is 2.21. The summed E-state index contributed by atoms with van der Waals surface area (Å²) in [6.07, 6.45) is 1.72. The SMILES string of the molecule is CN(CCCc1cc(-c2ccc(F)cc2)n[nH]1)CC(=O)Nc1ccccc1Br. The Morgan fingerprint density at radius 1 is 1.21 bits per heavy atom. The average Bonchev–Trinajstić information content (AvgIpc) is 3.13. The van der Waals surface area contributed by atoms with Gasteiger partial charge in [-0.25, -0.2) is 4.39 Å². The van der Waals surface area contributed by atoms with E-state index in [2.05, 4.69) is 31.4 Å². The third kappa shape index (κ3) is 5.74. The van der Waals surface area contributed by atoms with Crippen LogP contribution in [0.4, 0.5) is 10.1 Å². The summed E-state index contributed by atoms with van der Waals surface area (Å²) in [4.78, 5) is 14.2. The normalized spacial score (nSPS) is 11.0. The Labute approximate surface area is 172 Å². The zero-order valence-electron chi connectivity index (χ0n) is 15.6. The number of H-pyrrole nitrogens is 1. The molecule has 3 aromatic rings. The molecule has 0 aliphatic rings. The van der Waals surface area contributed by atoms with Crippen LogP contribution in [0.2, 0.25) is 0 Å². The number of amides is 1. The molecule has 0 bridgehead atoms. The van der Waals surface area contributed by atoms with Crippen molar-refractivity contribution in [2.75, 3.05) is 25.5 Å². The van der Waals surface area contributed by atoms with Gasteiger partial charge in [0.15, 0.2) is 0 Å². The number of likely N-dealkylation sites (N-methyl/N-ethyl adjacent to an activating group) is 1.